The van der Waals surface area contributed by atoms with E-state index in [1.165, 1.54) is 29.4 Å². The predicted octanol–water partition coefficient (Wildman–Crippen LogP) is 4.43. The van der Waals surface area contributed by atoms with Crippen molar-refractivity contribution in [3.05, 3.63) is 71.9 Å². The van der Waals surface area contributed by atoms with Gasteiger partial charge in [0.25, 0.3) is 5.91 Å². The Labute approximate surface area is 192 Å². The van der Waals surface area contributed by atoms with Crippen LogP contribution < -0.4 is 4.74 Å². The summed E-state index contributed by atoms with van der Waals surface area (Å²) in [4.78, 5) is 32.2. The third-order valence-corrected chi connectivity index (χ3v) is 6.24. The van der Waals surface area contributed by atoms with Crippen molar-refractivity contribution >= 4 is 16.8 Å². The third-order valence-electron chi connectivity index (χ3n) is 6.24. The van der Waals surface area contributed by atoms with Crippen molar-refractivity contribution in [2.24, 2.45) is 5.92 Å². The highest BCUT2D eigenvalue weighted by Crippen LogP contribution is 2.31. The van der Waals surface area contributed by atoms with Gasteiger partial charge >= 0.3 is 0 Å². The van der Waals surface area contributed by atoms with Crippen molar-refractivity contribution in [2.75, 3.05) is 20.2 Å². The van der Waals surface area contributed by atoms with E-state index in [2.05, 4.69) is 51.3 Å². The number of H-pyrrole nitrogens is 1. The summed E-state index contributed by atoms with van der Waals surface area (Å²) < 4.78 is 5.15. The minimum atomic E-state index is -0.0863. The highest BCUT2D eigenvalue weighted by molar-refractivity contribution is 5.98. The average Bonchev–Trinajstić information content (AvgIpc) is 3.58. The van der Waals surface area contributed by atoms with Crippen molar-refractivity contribution in [1.29, 1.82) is 0 Å². The van der Waals surface area contributed by atoms with Gasteiger partial charge in [-0.25, -0.2) is 9.97 Å². The summed E-state index contributed by atoms with van der Waals surface area (Å²) in [6, 6.07) is 9.94. The predicted molar refractivity (Wildman–Crippen MR) is 127 cm³/mol. The fourth-order valence-corrected chi connectivity index (χ4v) is 4.21. The Morgan fingerprint density at radius 2 is 2.00 bits per heavy atom. The molecule has 7 heteroatoms. The number of aromatic nitrogens is 4. The highest BCUT2D eigenvalue weighted by atomic mass is 16.5. The number of nitrogens with zero attached hydrogens (tertiary/aromatic N) is 4. The molecule has 0 aliphatic heterocycles. The monoisotopic (exact) mass is 441 g/mol. The van der Waals surface area contributed by atoms with Crippen molar-refractivity contribution in [3.8, 4) is 17.1 Å². The van der Waals surface area contributed by atoms with Crippen LogP contribution in [0.25, 0.3) is 22.2 Å². The average molecular weight is 442 g/mol. The second kappa shape index (κ2) is 9.02. The van der Waals surface area contributed by atoms with Crippen LogP contribution in [0, 0.1) is 12.8 Å². The molecule has 1 N–H and O–H groups in total. The number of nitrogens with one attached hydrogen (secondary N) is 1. The third kappa shape index (κ3) is 4.44. The molecule has 4 aromatic rings. The van der Waals surface area contributed by atoms with E-state index in [0.717, 1.165) is 24.0 Å². The Balaban J connectivity index is 1.41. The second-order valence-electron chi connectivity index (χ2n) is 8.60. The van der Waals surface area contributed by atoms with E-state index >= 15 is 0 Å². The number of pyridine rings is 1. The van der Waals surface area contributed by atoms with Gasteiger partial charge in [0, 0.05) is 60.4 Å². The molecule has 0 bridgehead atoms. The first-order valence-electron chi connectivity index (χ1n) is 11.3. The standard InChI is InChI=1S/C26H27N5O2/c1-17-4-3-5-21-19(14-30-23(17)21)10-13-31(16-18-6-7-18)26(32)25-24(27-11-12-28-25)20-8-9-22(33-2)29-15-20/h3-5,8-9,11-12,14-15,18,30H,6-7,10,13,16H2,1-2H3. The summed E-state index contributed by atoms with van der Waals surface area (Å²) in [6.07, 6.45) is 10.0. The number of hydrogen-bond donors (Lipinski definition) is 1. The molecule has 0 atom stereocenters. The first kappa shape index (κ1) is 21.1. The van der Waals surface area contributed by atoms with Gasteiger partial charge in [0.2, 0.25) is 5.88 Å². The zero-order chi connectivity index (χ0) is 22.8. The Bertz CT molecular complexity index is 1280. The number of methoxy groups -OCH3 is 1. The molecule has 1 aliphatic carbocycles. The lowest BCUT2D eigenvalue weighted by atomic mass is 10.1. The van der Waals surface area contributed by atoms with Crippen LogP contribution in [0.15, 0.2) is 55.1 Å². The Morgan fingerprint density at radius 3 is 2.76 bits per heavy atom. The zero-order valence-corrected chi connectivity index (χ0v) is 18.9. The topological polar surface area (TPSA) is 84.0 Å². The minimum absolute atomic E-state index is 0.0863. The van der Waals surface area contributed by atoms with Crippen LogP contribution in [0.2, 0.25) is 0 Å². The van der Waals surface area contributed by atoms with Gasteiger partial charge in [0.15, 0.2) is 5.69 Å². The van der Waals surface area contributed by atoms with Crippen LogP contribution >= 0.6 is 0 Å². The normalized spacial score (nSPS) is 13.3. The largest absolute Gasteiger partial charge is 0.481 e. The summed E-state index contributed by atoms with van der Waals surface area (Å²) in [6.45, 7) is 3.49. The molecule has 0 saturated heterocycles. The van der Waals surface area contributed by atoms with Crippen molar-refractivity contribution in [2.45, 2.75) is 26.2 Å². The van der Waals surface area contributed by atoms with E-state index in [-0.39, 0.29) is 5.91 Å². The quantitative estimate of drug-likeness (QED) is 0.437. The van der Waals surface area contributed by atoms with Crippen LogP contribution in [-0.4, -0.2) is 50.9 Å². The maximum atomic E-state index is 13.7. The number of hydrogen-bond acceptors (Lipinski definition) is 5. The Hall–Kier alpha value is -3.74. The van der Waals surface area contributed by atoms with Gasteiger partial charge < -0.3 is 14.6 Å². The smallest absolute Gasteiger partial charge is 0.274 e. The Kier molecular flexibility index (Phi) is 5.77. The lowest BCUT2D eigenvalue weighted by Gasteiger charge is -2.23. The van der Waals surface area contributed by atoms with Gasteiger partial charge in [-0.15, -0.1) is 0 Å². The summed E-state index contributed by atoms with van der Waals surface area (Å²) >= 11 is 0. The van der Waals surface area contributed by atoms with Crippen molar-refractivity contribution in [3.63, 3.8) is 0 Å². The number of carbonyl (C=O) groups is 1. The molecule has 1 aromatic carbocycles. The van der Waals surface area contributed by atoms with Gasteiger partial charge in [-0.2, -0.15) is 0 Å². The van der Waals surface area contributed by atoms with Gasteiger partial charge in [-0.3, -0.25) is 9.78 Å². The molecule has 33 heavy (non-hydrogen) atoms. The number of ether oxygens (including phenoxy) is 1. The summed E-state index contributed by atoms with van der Waals surface area (Å²) in [5.41, 5.74) is 5.26. The maximum Gasteiger partial charge on any atom is 0.274 e. The molecule has 0 spiro atoms. The maximum absolute atomic E-state index is 13.7. The van der Waals surface area contributed by atoms with E-state index in [9.17, 15) is 4.79 Å². The Morgan fingerprint density at radius 1 is 1.15 bits per heavy atom. The molecule has 5 rings (SSSR count). The van der Waals surface area contributed by atoms with Gasteiger partial charge in [0.05, 0.1) is 7.11 Å². The SMILES string of the molecule is COc1ccc(-c2nccnc2C(=O)N(CCc2c[nH]c3c(C)cccc23)CC2CC2)cn1. The number of para-hydroxylation sites is 1. The molecule has 1 aliphatic rings. The van der Waals surface area contributed by atoms with E-state index in [1.807, 2.05) is 11.0 Å². The molecule has 1 saturated carbocycles. The molecule has 168 valence electrons. The molecule has 1 fully saturated rings. The molecule has 3 aromatic heterocycles. The fourth-order valence-electron chi connectivity index (χ4n) is 4.21. The lowest BCUT2D eigenvalue weighted by Crippen LogP contribution is -2.35. The lowest BCUT2D eigenvalue weighted by molar-refractivity contribution is 0.0744. The highest BCUT2D eigenvalue weighted by Gasteiger charge is 2.29. The minimum Gasteiger partial charge on any atom is -0.481 e. The number of aryl methyl sites for hydroxylation is 1. The van der Waals surface area contributed by atoms with Gasteiger partial charge in [-0.05, 0) is 49.3 Å². The summed E-state index contributed by atoms with van der Waals surface area (Å²) in [5, 5.41) is 1.22. The van der Waals surface area contributed by atoms with Crippen molar-refractivity contribution in [1.82, 2.24) is 24.8 Å². The van der Waals surface area contributed by atoms with Crippen LogP contribution in [0.3, 0.4) is 0 Å². The number of aromatic amines is 1. The van der Waals surface area contributed by atoms with Gasteiger partial charge in [-0.1, -0.05) is 18.2 Å². The molecular weight excluding hydrogens is 414 g/mol. The first-order valence-corrected chi connectivity index (χ1v) is 11.3. The summed E-state index contributed by atoms with van der Waals surface area (Å²) in [5.74, 6) is 0.999. The van der Waals surface area contributed by atoms with E-state index in [1.54, 1.807) is 31.8 Å². The van der Waals surface area contributed by atoms with Crippen LogP contribution in [0.1, 0.15) is 34.5 Å². The molecule has 3 heterocycles. The van der Waals surface area contributed by atoms with Crippen LogP contribution in [-0.2, 0) is 6.42 Å². The fraction of sp³-hybridized carbons (Fsp3) is 0.308. The number of amides is 1. The van der Waals surface area contributed by atoms with E-state index in [4.69, 9.17) is 4.74 Å². The number of carbonyl (C=O) groups excluding carboxylic acids is 1. The first-order chi connectivity index (χ1) is 16.1. The molecular formula is C26H27N5O2. The second-order valence-corrected chi connectivity index (χ2v) is 8.60. The number of fused-ring (bicyclic) bond motifs is 1. The number of benzene rings is 1. The molecule has 7 nitrogen and oxygen atoms in total. The van der Waals surface area contributed by atoms with E-state index < -0.39 is 0 Å². The van der Waals surface area contributed by atoms with Crippen LogP contribution in [0.5, 0.6) is 5.88 Å². The molecule has 0 radical (unpaired) electrons. The van der Waals surface area contributed by atoms with E-state index in [0.29, 0.717) is 29.7 Å². The van der Waals surface area contributed by atoms with Crippen molar-refractivity contribution < 1.29 is 9.53 Å². The summed E-state index contributed by atoms with van der Waals surface area (Å²) in [7, 11) is 1.57. The van der Waals surface area contributed by atoms with Gasteiger partial charge in [0.1, 0.15) is 5.69 Å². The van der Waals surface area contributed by atoms with Crippen LogP contribution in [0.4, 0.5) is 0 Å². The molecule has 1 amide bonds. The zero-order valence-electron chi connectivity index (χ0n) is 18.9. The number of rotatable bonds is 8. The molecule has 0 unspecified atom stereocenters.